The molecule has 0 saturated heterocycles. The molecular weight excluding hydrogens is 269 g/mol. The van der Waals surface area contributed by atoms with E-state index in [0.29, 0.717) is 11.6 Å². The molecule has 2 N–H and O–H groups in total. The first-order chi connectivity index (χ1) is 8.08. The smallest absolute Gasteiger partial charge is 0.140 e. The van der Waals surface area contributed by atoms with Gasteiger partial charge in [0.2, 0.25) is 0 Å². The average Bonchev–Trinajstić information content (AvgIpc) is 2.28. The minimum absolute atomic E-state index is 0. The lowest BCUT2D eigenvalue weighted by atomic mass is 10.0. The lowest BCUT2D eigenvalue weighted by Gasteiger charge is -2.14. The minimum Gasteiger partial charge on any atom is -0.492 e. The van der Waals surface area contributed by atoms with Crippen molar-refractivity contribution in [1.82, 2.24) is 0 Å². The molecule has 18 heavy (non-hydrogen) atoms. The van der Waals surface area contributed by atoms with Crippen LogP contribution in [0.5, 0.6) is 5.75 Å². The van der Waals surface area contributed by atoms with Crippen molar-refractivity contribution in [1.29, 1.82) is 0 Å². The maximum absolute atomic E-state index is 6.23. The molecule has 0 bridgehead atoms. The number of ether oxygens (including phenoxy) is 1. The van der Waals surface area contributed by atoms with Crippen molar-refractivity contribution in [2.24, 2.45) is 5.73 Å². The molecule has 0 fully saturated rings. The quantitative estimate of drug-likeness (QED) is 0.855. The Kier molecular flexibility index (Phi) is 8.41. The number of benzene rings is 1. The van der Waals surface area contributed by atoms with Crippen LogP contribution in [0.2, 0.25) is 5.02 Å². The van der Waals surface area contributed by atoms with Crippen molar-refractivity contribution in [2.75, 3.05) is 6.61 Å². The zero-order valence-electron chi connectivity index (χ0n) is 11.3. The number of hydrogen-bond donors (Lipinski definition) is 1. The number of rotatable bonds is 6. The molecule has 1 aromatic rings. The zero-order chi connectivity index (χ0) is 12.8. The van der Waals surface area contributed by atoms with Crippen LogP contribution < -0.4 is 10.5 Å². The minimum atomic E-state index is 0. The summed E-state index contributed by atoms with van der Waals surface area (Å²) in [5.74, 6) is 0.808. The van der Waals surface area contributed by atoms with Crippen LogP contribution in [0, 0.1) is 6.92 Å². The van der Waals surface area contributed by atoms with E-state index in [2.05, 4.69) is 19.9 Å². The van der Waals surface area contributed by atoms with E-state index in [9.17, 15) is 0 Å². The van der Waals surface area contributed by atoms with Crippen LogP contribution in [0.25, 0.3) is 0 Å². The highest BCUT2D eigenvalue weighted by atomic mass is 35.5. The van der Waals surface area contributed by atoms with Gasteiger partial charge in [-0.1, -0.05) is 31.5 Å². The molecule has 104 valence electrons. The summed E-state index contributed by atoms with van der Waals surface area (Å²) in [6, 6.07) is 4.29. The Morgan fingerprint density at radius 3 is 2.50 bits per heavy atom. The van der Waals surface area contributed by atoms with Crippen LogP contribution in [0.1, 0.15) is 37.8 Å². The van der Waals surface area contributed by atoms with E-state index in [1.807, 2.05) is 13.0 Å². The highest BCUT2D eigenvalue weighted by Gasteiger charge is 2.09. The summed E-state index contributed by atoms with van der Waals surface area (Å²) in [6.45, 7) is 6.90. The Balaban J connectivity index is 0.00000289. The van der Waals surface area contributed by atoms with Gasteiger partial charge in [-0.05, 0) is 43.4 Å². The van der Waals surface area contributed by atoms with Crippen LogP contribution >= 0.6 is 24.0 Å². The molecule has 0 amide bonds. The molecule has 0 spiro atoms. The summed E-state index contributed by atoms with van der Waals surface area (Å²) in [6.07, 6.45) is 2.83. The number of nitrogens with two attached hydrogens (primary N) is 1. The Morgan fingerprint density at radius 1 is 1.33 bits per heavy atom. The fourth-order valence-electron chi connectivity index (χ4n) is 1.75. The highest BCUT2D eigenvalue weighted by Crippen LogP contribution is 2.30. The van der Waals surface area contributed by atoms with Gasteiger partial charge in [-0.25, -0.2) is 0 Å². The van der Waals surface area contributed by atoms with Crippen LogP contribution in [0.15, 0.2) is 12.1 Å². The fourth-order valence-corrected chi connectivity index (χ4v) is 2.10. The summed E-state index contributed by atoms with van der Waals surface area (Å²) >= 11 is 6.23. The zero-order valence-corrected chi connectivity index (χ0v) is 12.9. The van der Waals surface area contributed by atoms with Crippen LogP contribution in [0.4, 0.5) is 0 Å². The van der Waals surface area contributed by atoms with Gasteiger partial charge in [-0.2, -0.15) is 0 Å². The lowest BCUT2D eigenvalue weighted by molar-refractivity contribution is 0.315. The van der Waals surface area contributed by atoms with E-state index in [1.54, 1.807) is 0 Å². The van der Waals surface area contributed by atoms with Crippen molar-refractivity contribution in [2.45, 2.75) is 46.1 Å². The molecule has 0 aromatic heterocycles. The van der Waals surface area contributed by atoms with Gasteiger partial charge in [-0.15, -0.1) is 12.4 Å². The molecule has 2 nitrogen and oxygen atoms in total. The van der Waals surface area contributed by atoms with Crippen molar-refractivity contribution < 1.29 is 4.74 Å². The molecule has 0 radical (unpaired) electrons. The Hall–Kier alpha value is -0.440. The maximum atomic E-state index is 6.23. The molecule has 0 aliphatic heterocycles. The second kappa shape index (κ2) is 8.63. The Labute approximate surface area is 121 Å². The fraction of sp³-hybridized carbons (Fsp3) is 0.571. The second-order valence-electron chi connectivity index (χ2n) is 4.44. The van der Waals surface area contributed by atoms with Gasteiger partial charge in [0, 0.05) is 6.04 Å². The van der Waals surface area contributed by atoms with E-state index in [4.69, 9.17) is 22.1 Å². The molecular formula is C14H23Cl2NO. The average molecular weight is 292 g/mol. The lowest BCUT2D eigenvalue weighted by Crippen LogP contribution is -2.21. The third-order valence-electron chi connectivity index (χ3n) is 2.76. The van der Waals surface area contributed by atoms with E-state index in [1.165, 1.54) is 5.56 Å². The normalized spacial score (nSPS) is 11.8. The van der Waals surface area contributed by atoms with E-state index in [-0.39, 0.29) is 18.4 Å². The molecule has 1 rings (SSSR count). The first-order valence-corrected chi connectivity index (χ1v) is 6.63. The molecule has 1 unspecified atom stereocenters. The summed E-state index contributed by atoms with van der Waals surface area (Å²) < 4.78 is 5.64. The van der Waals surface area contributed by atoms with Crippen molar-refractivity contribution in [3.63, 3.8) is 0 Å². The van der Waals surface area contributed by atoms with Crippen molar-refractivity contribution in [3.05, 3.63) is 28.3 Å². The van der Waals surface area contributed by atoms with Gasteiger partial charge in [0.15, 0.2) is 0 Å². The van der Waals surface area contributed by atoms with Gasteiger partial charge >= 0.3 is 0 Å². The highest BCUT2D eigenvalue weighted by molar-refractivity contribution is 6.32. The number of aryl methyl sites for hydroxylation is 1. The summed E-state index contributed by atoms with van der Waals surface area (Å²) in [5, 5.41) is 0.691. The number of halogens is 2. The standard InChI is InChI=1S/C14H22ClNO.ClH/c1-4-6-17-14-10(3)7-11(9-13(14)15)8-12(16)5-2;/h7,9,12H,4-6,8,16H2,1-3H3;1H. The van der Waals surface area contributed by atoms with Crippen molar-refractivity contribution in [3.8, 4) is 5.75 Å². The van der Waals surface area contributed by atoms with Crippen LogP contribution in [-0.4, -0.2) is 12.6 Å². The molecule has 4 heteroatoms. The molecule has 0 aliphatic rings. The van der Waals surface area contributed by atoms with Gasteiger partial charge in [0.1, 0.15) is 5.75 Å². The molecule has 1 aromatic carbocycles. The van der Waals surface area contributed by atoms with Gasteiger partial charge < -0.3 is 10.5 Å². The third-order valence-corrected chi connectivity index (χ3v) is 3.04. The first kappa shape index (κ1) is 17.6. The van der Waals surface area contributed by atoms with Crippen molar-refractivity contribution >= 4 is 24.0 Å². The predicted molar refractivity (Wildman–Crippen MR) is 81.2 cm³/mol. The SMILES string of the molecule is CCCOc1c(C)cc(CC(N)CC)cc1Cl.Cl. The van der Waals surface area contributed by atoms with E-state index in [0.717, 1.165) is 30.6 Å². The third kappa shape index (κ3) is 5.05. The summed E-state index contributed by atoms with van der Waals surface area (Å²) in [4.78, 5) is 0. The monoisotopic (exact) mass is 291 g/mol. The molecule has 1 atom stereocenters. The molecule has 0 aliphatic carbocycles. The Morgan fingerprint density at radius 2 is 2.00 bits per heavy atom. The van der Waals surface area contributed by atoms with Gasteiger partial charge in [0.25, 0.3) is 0 Å². The molecule has 0 saturated carbocycles. The topological polar surface area (TPSA) is 35.2 Å². The summed E-state index contributed by atoms with van der Waals surface area (Å²) in [7, 11) is 0. The van der Waals surface area contributed by atoms with E-state index < -0.39 is 0 Å². The first-order valence-electron chi connectivity index (χ1n) is 6.25. The van der Waals surface area contributed by atoms with Crippen LogP contribution in [0.3, 0.4) is 0 Å². The maximum Gasteiger partial charge on any atom is 0.140 e. The van der Waals surface area contributed by atoms with Gasteiger partial charge in [-0.3, -0.25) is 0 Å². The number of hydrogen-bond acceptors (Lipinski definition) is 2. The summed E-state index contributed by atoms with van der Waals surface area (Å²) in [5.41, 5.74) is 8.22. The van der Waals surface area contributed by atoms with E-state index >= 15 is 0 Å². The Bertz CT molecular complexity index is 346. The largest absolute Gasteiger partial charge is 0.492 e. The predicted octanol–water partition coefficient (Wildman–Crippen LogP) is 4.14. The van der Waals surface area contributed by atoms with Gasteiger partial charge in [0.05, 0.1) is 11.6 Å². The molecule has 0 heterocycles. The van der Waals surface area contributed by atoms with Crippen LogP contribution in [-0.2, 0) is 6.42 Å². The second-order valence-corrected chi connectivity index (χ2v) is 4.85.